The second kappa shape index (κ2) is 11.9. The van der Waals surface area contributed by atoms with Gasteiger partial charge in [0.05, 0.1) is 0 Å². The molecule has 0 spiro atoms. The van der Waals surface area contributed by atoms with Gasteiger partial charge in [0.2, 0.25) is 5.88 Å². The summed E-state index contributed by atoms with van der Waals surface area (Å²) in [6.45, 7) is 10.7. The minimum Gasteiger partial charge on any atom is -0.443 e. The van der Waals surface area contributed by atoms with E-state index in [1.165, 1.54) is 44.1 Å². The fraction of sp³-hybridized carbons (Fsp3) is 0.615. The molecule has 0 amide bonds. The van der Waals surface area contributed by atoms with Gasteiger partial charge >= 0.3 is 0 Å². The Balaban J connectivity index is 2.03. The first-order chi connectivity index (χ1) is 14.0. The number of carbonyl (C=O) groups is 1. The van der Waals surface area contributed by atoms with Crippen molar-refractivity contribution in [2.45, 2.75) is 104 Å². The number of furan rings is 1. The first-order valence-electron chi connectivity index (χ1n) is 11.6. The van der Waals surface area contributed by atoms with E-state index >= 15 is 0 Å². The van der Waals surface area contributed by atoms with Gasteiger partial charge in [0, 0.05) is 28.8 Å². The molecule has 3 heteroatoms. The van der Waals surface area contributed by atoms with Crippen molar-refractivity contribution in [3.05, 3.63) is 40.7 Å². The molecular weight excluding hydrogens is 358 g/mol. The van der Waals surface area contributed by atoms with E-state index in [0.717, 1.165) is 30.6 Å². The lowest BCUT2D eigenvalue weighted by Crippen LogP contribution is -2.00. The van der Waals surface area contributed by atoms with E-state index in [4.69, 9.17) is 4.42 Å². The zero-order valence-electron chi connectivity index (χ0n) is 19.1. The predicted octanol–water partition coefficient (Wildman–Crippen LogP) is 8.11. The van der Waals surface area contributed by atoms with Crippen LogP contribution in [0.5, 0.6) is 0 Å². The fourth-order valence-corrected chi connectivity index (χ4v) is 3.68. The maximum Gasteiger partial charge on any atom is 0.222 e. The second-order valence-corrected chi connectivity index (χ2v) is 8.53. The highest BCUT2D eigenvalue weighted by molar-refractivity contribution is 6.18. The van der Waals surface area contributed by atoms with Crippen LogP contribution in [0.1, 0.15) is 114 Å². The third-order valence-corrected chi connectivity index (χ3v) is 5.48. The maximum absolute atomic E-state index is 12.6. The standard InChI is InChI=1S/C26H39NO2/c1-6-8-9-10-11-12-13-15-23(28)22(14-7-2)18-27-26-20(5)24(21-16-17-21)25(29-26)19(3)4/h13-15,18-19,21H,6-12,16-17H2,1-5H3/b15-13+,22-14-,27-18-. The molecule has 0 atom stereocenters. The summed E-state index contributed by atoms with van der Waals surface area (Å²) in [6.07, 6.45) is 17.8. The normalized spacial score (nSPS) is 15.3. The summed E-state index contributed by atoms with van der Waals surface area (Å²) in [6, 6.07) is 0. The first-order valence-corrected chi connectivity index (χ1v) is 11.6. The van der Waals surface area contributed by atoms with Gasteiger partial charge in [0.25, 0.3) is 0 Å². The van der Waals surface area contributed by atoms with Crippen molar-refractivity contribution >= 4 is 17.9 Å². The quantitative estimate of drug-likeness (QED) is 0.192. The number of unbranched alkanes of at least 4 members (excludes halogenated alkanes) is 5. The molecule has 2 rings (SSSR count). The molecule has 1 aromatic rings. The maximum atomic E-state index is 12.6. The topological polar surface area (TPSA) is 42.6 Å². The summed E-state index contributed by atoms with van der Waals surface area (Å²) in [5.74, 6) is 2.73. The van der Waals surface area contributed by atoms with Crippen molar-refractivity contribution in [2.75, 3.05) is 0 Å². The fourth-order valence-electron chi connectivity index (χ4n) is 3.68. The van der Waals surface area contributed by atoms with E-state index in [1.807, 2.05) is 19.1 Å². The third-order valence-electron chi connectivity index (χ3n) is 5.48. The minimum atomic E-state index is 0.0277. The summed E-state index contributed by atoms with van der Waals surface area (Å²) in [4.78, 5) is 17.2. The van der Waals surface area contributed by atoms with Crippen LogP contribution in [0.4, 0.5) is 5.88 Å². The molecule has 1 aliphatic rings. The number of ketones is 1. The van der Waals surface area contributed by atoms with Crippen LogP contribution in [-0.4, -0.2) is 12.0 Å². The van der Waals surface area contributed by atoms with Crippen molar-refractivity contribution in [2.24, 2.45) is 4.99 Å². The van der Waals surface area contributed by atoms with E-state index < -0.39 is 0 Å². The van der Waals surface area contributed by atoms with Gasteiger partial charge in [-0.15, -0.1) is 0 Å². The Labute approximate surface area is 177 Å². The molecule has 0 N–H and O–H groups in total. The Kier molecular flexibility index (Phi) is 9.63. The molecule has 1 saturated carbocycles. The Morgan fingerprint density at radius 3 is 2.52 bits per heavy atom. The summed E-state index contributed by atoms with van der Waals surface area (Å²) in [5, 5.41) is 0. The number of allylic oxidation sites excluding steroid dienone is 4. The molecule has 0 aliphatic heterocycles. The molecule has 1 aromatic heterocycles. The van der Waals surface area contributed by atoms with E-state index in [2.05, 4.69) is 32.7 Å². The minimum absolute atomic E-state index is 0.0277. The van der Waals surface area contributed by atoms with Crippen molar-refractivity contribution in [1.82, 2.24) is 0 Å². The predicted molar refractivity (Wildman–Crippen MR) is 124 cm³/mol. The molecular formula is C26H39NO2. The van der Waals surface area contributed by atoms with Gasteiger partial charge in [0.15, 0.2) is 5.78 Å². The number of rotatable bonds is 13. The van der Waals surface area contributed by atoms with E-state index in [1.54, 1.807) is 12.3 Å². The van der Waals surface area contributed by atoms with Gasteiger partial charge in [-0.05, 0) is 51.0 Å². The van der Waals surface area contributed by atoms with Gasteiger partial charge < -0.3 is 4.42 Å². The highest BCUT2D eigenvalue weighted by Gasteiger charge is 2.32. The zero-order chi connectivity index (χ0) is 21.2. The average Bonchev–Trinajstić information content (AvgIpc) is 3.47. The summed E-state index contributed by atoms with van der Waals surface area (Å²) in [7, 11) is 0. The van der Waals surface area contributed by atoms with E-state index in [-0.39, 0.29) is 5.78 Å². The van der Waals surface area contributed by atoms with Gasteiger partial charge in [-0.1, -0.05) is 65.5 Å². The summed E-state index contributed by atoms with van der Waals surface area (Å²) in [5.41, 5.74) is 3.13. The van der Waals surface area contributed by atoms with Crippen molar-refractivity contribution < 1.29 is 9.21 Å². The van der Waals surface area contributed by atoms with Crippen molar-refractivity contribution in [3.8, 4) is 0 Å². The lowest BCUT2D eigenvalue weighted by Gasteiger charge is -2.03. The van der Waals surface area contributed by atoms with Crippen LogP contribution in [0, 0.1) is 6.92 Å². The van der Waals surface area contributed by atoms with Gasteiger partial charge in [-0.25, -0.2) is 4.99 Å². The molecule has 0 bridgehead atoms. The number of nitrogens with zero attached hydrogens (tertiary/aromatic N) is 1. The van der Waals surface area contributed by atoms with Crippen LogP contribution >= 0.6 is 0 Å². The molecule has 29 heavy (non-hydrogen) atoms. The van der Waals surface area contributed by atoms with E-state index in [0.29, 0.717) is 23.3 Å². The Morgan fingerprint density at radius 2 is 1.90 bits per heavy atom. The molecule has 0 radical (unpaired) electrons. The number of aliphatic imine (C=N–C) groups is 1. The number of hydrogen-bond donors (Lipinski definition) is 0. The molecule has 3 nitrogen and oxygen atoms in total. The van der Waals surface area contributed by atoms with Gasteiger partial charge in [0.1, 0.15) is 5.76 Å². The molecule has 0 unspecified atom stereocenters. The average molecular weight is 398 g/mol. The summed E-state index contributed by atoms with van der Waals surface area (Å²) < 4.78 is 6.11. The number of carbonyl (C=O) groups excluding carboxylic acids is 1. The Bertz CT molecular complexity index is 745. The summed E-state index contributed by atoms with van der Waals surface area (Å²) >= 11 is 0. The monoisotopic (exact) mass is 397 g/mol. The van der Waals surface area contributed by atoms with Crippen LogP contribution < -0.4 is 0 Å². The second-order valence-electron chi connectivity index (χ2n) is 8.53. The molecule has 1 heterocycles. The van der Waals surface area contributed by atoms with Crippen molar-refractivity contribution in [3.63, 3.8) is 0 Å². The van der Waals surface area contributed by atoms with Crippen LogP contribution in [-0.2, 0) is 4.79 Å². The third kappa shape index (κ3) is 7.13. The molecule has 1 aliphatic carbocycles. The lowest BCUT2D eigenvalue weighted by atomic mass is 10.0. The Morgan fingerprint density at radius 1 is 1.17 bits per heavy atom. The largest absolute Gasteiger partial charge is 0.443 e. The molecule has 0 aromatic carbocycles. The van der Waals surface area contributed by atoms with Crippen LogP contribution in [0.15, 0.2) is 33.2 Å². The van der Waals surface area contributed by atoms with Gasteiger partial charge in [-0.3, -0.25) is 4.79 Å². The highest BCUT2D eigenvalue weighted by atomic mass is 16.4. The first kappa shape index (κ1) is 23.4. The zero-order valence-corrected chi connectivity index (χ0v) is 19.1. The molecule has 1 fully saturated rings. The van der Waals surface area contributed by atoms with E-state index in [9.17, 15) is 4.79 Å². The lowest BCUT2D eigenvalue weighted by molar-refractivity contribution is -0.110. The van der Waals surface area contributed by atoms with Gasteiger partial charge in [-0.2, -0.15) is 0 Å². The number of hydrogen-bond acceptors (Lipinski definition) is 3. The van der Waals surface area contributed by atoms with Crippen LogP contribution in [0.25, 0.3) is 0 Å². The van der Waals surface area contributed by atoms with Crippen molar-refractivity contribution in [1.29, 1.82) is 0 Å². The van der Waals surface area contributed by atoms with Crippen LogP contribution in [0.3, 0.4) is 0 Å². The highest BCUT2D eigenvalue weighted by Crippen LogP contribution is 2.48. The smallest absolute Gasteiger partial charge is 0.222 e. The SMILES string of the molecule is CC/C=C(/C=N\c1oc(C(C)C)c(C2CC2)c1C)C(=O)/C=C/CCCCCCC. The van der Waals surface area contributed by atoms with Crippen LogP contribution in [0.2, 0.25) is 0 Å². The molecule has 160 valence electrons. The Hall–Kier alpha value is -1.90. The molecule has 0 saturated heterocycles.